The summed E-state index contributed by atoms with van der Waals surface area (Å²) >= 11 is 0. The van der Waals surface area contributed by atoms with E-state index >= 15 is 0 Å². The van der Waals surface area contributed by atoms with E-state index in [2.05, 4.69) is 0 Å². The molecule has 0 spiro atoms. The lowest BCUT2D eigenvalue weighted by molar-refractivity contribution is 0.0511. The third-order valence-electron chi connectivity index (χ3n) is 2.24. The van der Waals surface area contributed by atoms with Crippen molar-refractivity contribution in [3.8, 4) is 0 Å². The maximum Gasteiger partial charge on any atom is 0.338 e. The van der Waals surface area contributed by atoms with Crippen LogP contribution in [0, 0.1) is 0 Å². The van der Waals surface area contributed by atoms with E-state index in [0.29, 0.717) is 18.3 Å². The zero-order chi connectivity index (χ0) is 11.2. The maximum absolute atomic E-state index is 11.5. The molecule has 1 heterocycles. The second-order valence-corrected chi connectivity index (χ2v) is 3.59. The van der Waals surface area contributed by atoms with Gasteiger partial charge in [0.05, 0.1) is 24.9 Å². The van der Waals surface area contributed by atoms with Crippen LogP contribution in [0.25, 0.3) is 0 Å². The second kappa shape index (κ2) is 5.47. The lowest BCUT2D eigenvalue weighted by atomic mass is 10.2. The van der Waals surface area contributed by atoms with E-state index in [-0.39, 0.29) is 5.97 Å². The van der Waals surface area contributed by atoms with E-state index < -0.39 is 0 Å². The third-order valence-corrected chi connectivity index (χ3v) is 2.24. The van der Waals surface area contributed by atoms with E-state index in [1.54, 1.807) is 12.1 Å². The number of benzene rings is 1. The Morgan fingerprint density at radius 3 is 2.88 bits per heavy atom. The first kappa shape index (κ1) is 10.9. The number of esters is 1. The Balaban J connectivity index is 1.67. The van der Waals surface area contributed by atoms with Gasteiger partial charge in [0.15, 0.2) is 0 Å². The van der Waals surface area contributed by atoms with Crippen LogP contribution in [0.3, 0.4) is 0 Å². The van der Waals surface area contributed by atoms with Crippen molar-refractivity contribution in [1.29, 1.82) is 0 Å². The number of rotatable bonds is 5. The van der Waals surface area contributed by atoms with Crippen LogP contribution in [0.15, 0.2) is 42.5 Å². The van der Waals surface area contributed by atoms with Crippen LogP contribution in [-0.4, -0.2) is 25.3 Å². The number of hydrogen-bond donors (Lipinski definition) is 0. The molecule has 0 radical (unpaired) electrons. The molecule has 2 rings (SSSR count). The van der Waals surface area contributed by atoms with Crippen molar-refractivity contribution in [3.05, 3.63) is 48.0 Å². The van der Waals surface area contributed by atoms with Crippen LogP contribution in [0.2, 0.25) is 0 Å². The summed E-state index contributed by atoms with van der Waals surface area (Å²) in [5, 5.41) is 0. The van der Waals surface area contributed by atoms with Crippen LogP contribution in [0.1, 0.15) is 16.8 Å². The number of ether oxygens (including phenoxy) is 2. The van der Waals surface area contributed by atoms with Gasteiger partial charge in [0, 0.05) is 0 Å². The van der Waals surface area contributed by atoms with Gasteiger partial charge in [-0.1, -0.05) is 30.4 Å². The fourth-order valence-corrected chi connectivity index (χ4v) is 1.29. The molecule has 0 aromatic heterocycles. The van der Waals surface area contributed by atoms with Crippen LogP contribution < -0.4 is 0 Å². The summed E-state index contributed by atoms with van der Waals surface area (Å²) in [6, 6.07) is 9.00. The van der Waals surface area contributed by atoms with E-state index in [9.17, 15) is 4.79 Å². The van der Waals surface area contributed by atoms with Gasteiger partial charge in [-0.15, -0.1) is 0 Å². The summed E-state index contributed by atoms with van der Waals surface area (Å²) in [4.78, 5) is 11.5. The Labute approximate surface area is 94.7 Å². The van der Waals surface area contributed by atoms with E-state index in [4.69, 9.17) is 9.47 Å². The lowest BCUT2D eigenvalue weighted by Crippen LogP contribution is -2.05. The predicted molar refractivity (Wildman–Crippen MR) is 60.2 cm³/mol. The number of carbonyl (C=O) groups is 1. The Morgan fingerprint density at radius 1 is 1.44 bits per heavy atom. The minimum atomic E-state index is -0.267. The van der Waals surface area contributed by atoms with E-state index in [1.807, 2.05) is 30.4 Å². The van der Waals surface area contributed by atoms with Gasteiger partial charge in [-0.3, -0.25) is 0 Å². The summed E-state index contributed by atoms with van der Waals surface area (Å²) in [5.41, 5.74) is 0.594. The monoisotopic (exact) mass is 218 g/mol. The zero-order valence-corrected chi connectivity index (χ0v) is 8.96. The Kier molecular flexibility index (Phi) is 3.72. The molecule has 0 bridgehead atoms. The molecule has 1 aliphatic heterocycles. The number of epoxide rings is 1. The molecule has 3 heteroatoms. The maximum atomic E-state index is 11.5. The fourth-order valence-electron chi connectivity index (χ4n) is 1.29. The minimum absolute atomic E-state index is 0.267. The molecule has 84 valence electrons. The van der Waals surface area contributed by atoms with Crippen LogP contribution in [-0.2, 0) is 9.47 Å². The number of carbonyl (C=O) groups excluding carboxylic acids is 1. The summed E-state index contributed by atoms with van der Waals surface area (Å²) in [7, 11) is 0. The van der Waals surface area contributed by atoms with Crippen molar-refractivity contribution in [3.63, 3.8) is 0 Å². The summed E-state index contributed by atoms with van der Waals surface area (Å²) < 4.78 is 10.1. The average molecular weight is 218 g/mol. The highest BCUT2D eigenvalue weighted by atomic mass is 16.6. The van der Waals surface area contributed by atoms with Crippen LogP contribution in [0.4, 0.5) is 0 Å². The highest BCUT2D eigenvalue weighted by molar-refractivity contribution is 5.89. The number of hydrogen-bond acceptors (Lipinski definition) is 3. The molecule has 0 saturated carbocycles. The predicted octanol–water partition coefficient (Wildman–Crippen LogP) is 2.19. The van der Waals surface area contributed by atoms with Gasteiger partial charge in [0.2, 0.25) is 0 Å². The van der Waals surface area contributed by atoms with Crippen molar-refractivity contribution >= 4 is 5.97 Å². The van der Waals surface area contributed by atoms with Gasteiger partial charge in [-0.2, -0.15) is 0 Å². The average Bonchev–Trinajstić information content (AvgIpc) is 3.13. The summed E-state index contributed by atoms with van der Waals surface area (Å²) in [6.45, 7) is 1.23. The first-order chi connectivity index (χ1) is 7.86. The SMILES string of the molecule is O=C(OCC/C=C/C1CO1)c1ccccc1. The van der Waals surface area contributed by atoms with Crippen LogP contribution in [0.5, 0.6) is 0 Å². The molecule has 0 amide bonds. The molecular weight excluding hydrogens is 204 g/mol. The van der Waals surface area contributed by atoms with Crippen molar-refractivity contribution in [2.24, 2.45) is 0 Å². The van der Waals surface area contributed by atoms with Gasteiger partial charge >= 0.3 is 5.97 Å². The lowest BCUT2D eigenvalue weighted by Gasteiger charge is -2.02. The highest BCUT2D eigenvalue weighted by Crippen LogP contribution is 2.10. The Morgan fingerprint density at radius 2 is 2.19 bits per heavy atom. The first-order valence-corrected chi connectivity index (χ1v) is 5.37. The standard InChI is InChI=1S/C13H14O3/c14-13(11-6-2-1-3-7-11)15-9-5-4-8-12-10-16-12/h1-4,6-8,12H,5,9-10H2/b8-4+. The Bertz CT molecular complexity index is 366. The molecule has 0 aliphatic carbocycles. The molecule has 1 aromatic rings. The van der Waals surface area contributed by atoms with Crippen molar-refractivity contribution in [2.45, 2.75) is 12.5 Å². The molecule has 1 aliphatic rings. The summed E-state index contributed by atoms with van der Waals surface area (Å²) in [5.74, 6) is -0.267. The van der Waals surface area contributed by atoms with Crippen molar-refractivity contribution in [1.82, 2.24) is 0 Å². The first-order valence-electron chi connectivity index (χ1n) is 5.37. The summed E-state index contributed by atoms with van der Waals surface area (Å²) in [6.07, 6.45) is 5.01. The molecular formula is C13H14O3. The topological polar surface area (TPSA) is 38.8 Å². The molecule has 1 fully saturated rings. The second-order valence-electron chi connectivity index (χ2n) is 3.59. The molecule has 1 saturated heterocycles. The molecule has 1 aromatic carbocycles. The minimum Gasteiger partial charge on any atom is -0.462 e. The van der Waals surface area contributed by atoms with E-state index in [0.717, 1.165) is 13.0 Å². The molecule has 1 atom stereocenters. The van der Waals surface area contributed by atoms with E-state index in [1.165, 1.54) is 0 Å². The Hall–Kier alpha value is -1.61. The highest BCUT2D eigenvalue weighted by Gasteiger charge is 2.17. The molecule has 3 nitrogen and oxygen atoms in total. The van der Waals surface area contributed by atoms with Crippen molar-refractivity contribution < 1.29 is 14.3 Å². The van der Waals surface area contributed by atoms with Crippen molar-refractivity contribution in [2.75, 3.05) is 13.2 Å². The van der Waals surface area contributed by atoms with Gasteiger partial charge in [-0.25, -0.2) is 4.79 Å². The molecule has 1 unspecified atom stereocenters. The normalized spacial score (nSPS) is 18.6. The molecule has 16 heavy (non-hydrogen) atoms. The smallest absolute Gasteiger partial charge is 0.338 e. The van der Waals surface area contributed by atoms with Gasteiger partial charge < -0.3 is 9.47 Å². The molecule has 0 N–H and O–H groups in total. The quantitative estimate of drug-likeness (QED) is 0.329. The van der Waals surface area contributed by atoms with Crippen LogP contribution >= 0.6 is 0 Å². The van der Waals surface area contributed by atoms with Gasteiger partial charge in [-0.05, 0) is 18.6 Å². The van der Waals surface area contributed by atoms with Gasteiger partial charge in [0.25, 0.3) is 0 Å². The fraction of sp³-hybridized carbons (Fsp3) is 0.308. The van der Waals surface area contributed by atoms with Gasteiger partial charge in [0.1, 0.15) is 0 Å². The zero-order valence-electron chi connectivity index (χ0n) is 8.96. The third kappa shape index (κ3) is 3.51. The largest absolute Gasteiger partial charge is 0.462 e.